The second-order valence-electron chi connectivity index (χ2n) is 8.53. The van der Waals surface area contributed by atoms with E-state index < -0.39 is 34.0 Å². The average Bonchev–Trinajstić information content (AvgIpc) is 3.05. The van der Waals surface area contributed by atoms with Crippen molar-refractivity contribution in [1.29, 1.82) is 0 Å². The number of fused-ring (bicyclic) bond motifs is 2. The standard InChI is InChI=1S/C23H34N2O8S2/c1-3-32-23(27)22-19-8-7-17(25(19)2)14-20(22)33-35(28,29)18-6-4-5-16(13-18)24-21(26)15-31-10-9-30-11-12-34/h4-6,13,17,19-20,22,34H,3,7-12,14-15H2,1-2H3,(H,24,26). The van der Waals surface area contributed by atoms with Gasteiger partial charge in [-0.1, -0.05) is 6.07 Å². The lowest BCUT2D eigenvalue weighted by molar-refractivity contribution is -0.157. The minimum Gasteiger partial charge on any atom is -0.466 e. The summed E-state index contributed by atoms with van der Waals surface area (Å²) in [5.74, 6) is -0.956. The van der Waals surface area contributed by atoms with Gasteiger partial charge >= 0.3 is 5.97 Å². The van der Waals surface area contributed by atoms with Gasteiger partial charge in [0, 0.05) is 23.5 Å². The molecule has 0 saturated carbocycles. The fourth-order valence-corrected chi connectivity index (χ4v) is 5.94. The van der Waals surface area contributed by atoms with Crippen LogP contribution in [0, 0.1) is 5.92 Å². The number of carbonyl (C=O) groups excluding carboxylic acids is 2. The third-order valence-corrected chi connectivity index (χ3v) is 7.78. The van der Waals surface area contributed by atoms with Gasteiger partial charge in [0.05, 0.1) is 43.3 Å². The van der Waals surface area contributed by atoms with E-state index in [1.807, 2.05) is 7.05 Å². The van der Waals surface area contributed by atoms with Crippen LogP contribution in [0.2, 0.25) is 0 Å². The molecule has 1 aromatic rings. The van der Waals surface area contributed by atoms with Crippen LogP contribution >= 0.6 is 12.6 Å². The first-order chi connectivity index (χ1) is 16.8. The Morgan fingerprint density at radius 1 is 1.17 bits per heavy atom. The summed E-state index contributed by atoms with van der Waals surface area (Å²) in [6.07, 6.45) is 1.27. The molecule has 2 fully saturated rings. The summed E-state index contributed by atoms with van der Waals surface area (Å²) in [7, 11) is -2.25. The number of hydrogen-bond acceptors (Lipinski definition) is 10. The van der Waals surface area contributed by atoms with Gasteiger partial charge in [0.25, 0.3) is 10.1 Å². The molecular weight excluding hydrogens is 496 g/mol. The molecule has 0 radical (unpaired) electrons. The van der Waals surface area contributed by atoms with Crippen LogP contribution in [-0.2, 0) is 38.1 Å². The van der Waals surface area contributed by atoms with E-state index >= 15 is 0 Å². The molecule has 1 aromatic carbocycles. The summed E-state index contributed by atoms with van der Waals surface area (Å²) in [6, 6.07) is 5.83. The summed E-state index contributed by atoms with van der Waals surface area (Å²) in [6.45, 7) is 2.84. The van der Waals surface area contributed by atoms with Crippen molar-refractivity contribution in [3.05, 3.63) is 24.3 Å². The van der Waals surface area contributed by atoms with Crippen molar-refractivity contribution in [3.63, 3.8) is 0 Å². The van der Waals surface area contributed by atoms with Crippen molar-refractivity contribution in [2.75, 3.05) is 51.2 Å². The fourth-order valence-electron chi connectivity index (χ4n) is 4.66. The molecule has 2 aliphatic heterocycles. The Kier molecular flexibility index (Phi) is 10.4. The molecular formula is C23H34N2O8S2. The minimum atomic E-state index is -4.20. The number of thiol groups is 1. The summed E-state index contributed by atoms with van der Waals surface area (Å²) < 4.78 is 47.6. The maximum atomic E-state index is 13.1. The fraction of sp³-hybridized carbons (Fsp3) is 0.652. The predicted molar refractivity (Wildman–Crippen MR) is 132 cm³/mol. The Hall–Kier alpha value is -1.70. The molecule has 2 saturated heterocycles. The number of amides is 1. The summed E-state index contributed by atoms with van der Waals surface area (Å²) >= 11 is 4.03. The molecule has 2 heterocycles. The molecule has 2 bridgehead atoms. The van der Waals surface area contributed by atoms with E-state index in [2.05, 4.69) is 22.8 Å². The van der Waals surface area contributed by atoms with E-state index in [4.69, 9.17) is 18.4 Å². The number of nitrogens with zero attached hydrogens (tertiary/aromatic N) is 1. The van der Waals surface area contributed by atoms with Crippen LogP contribution in [0.25, 0.3) is 0 Å². The Morgan fingerprint density at radius 2 is 1.94 bits per heavy atom. The van der Waals surface area contributed by atoms with E-state index in [1.54, 1.807) is 13.0 Å². The highest BCUT2D eigenvalue weighted by Gasteiger charge is 2.51. The molecule has 10 nitrogen and oxygen atoms in total. The molecule has 196 valence electrons. The summed E-state index contributed by atoms with van der Waals surface area (Å²) in [5, 5.41) is 2.62. The van der Waals surface area contributed by atoms with Gasteiger partial charge in [-0.25, -0.2) is 0 Å². The number of piperidine rings is 1. The zero-order valence-corrected chi connectivity index (χ0v) is 21.8. The first-order valence-corrected chi connectivity index (χ1v) is 13.8. The Morgan fingerprint density at radius 3 is 2.69 bits per heavy atom. The molecule has 12 heteroatoms. The number of nitrogens with one attached hydrogen (secondary N) is 1. The highest BCUT2D eigenvalue weighted by Crippen LogP contribution is 2.41. The van der Waals surface area contributed by atoms with Crippen LogP contribution in [0.1, 0.15) is 26.2 Å². The second kappa shape index (κ2) is 13.0. The maximum Gasteiger partial charge on any atom is 0.313 e. The van der Waals surface area contributed by atoms with Crippen LogP contribution in [-0.4, -0.2) is 89.2 Å². The van der Waals surface area contributed by atoms with Crippen molar-refractivity contribution in [2.24, 2.45) is 5.92 Å². The van der Waals surface area contributed by atoms with Crippen molar-refractivity contribution in [3.8, 4) is 0 Å². The van der Waals surface area contributed by atoms with Gasteiger partial charge in [-0.2, -0.15) is 21.0 Å². The molecule has 3 rings (SSSR count). The van der Waals surface area contributed by atoms with Crippen LogP contribution in [0.3, 0.4) is 0 Å². The Bertz CT molecular complexity index is 974. The quantitative estimate of drug-likeness (QED) is 0.170. The lowest BCUT2D eigenvalue weighted by Crippen LogP contribution is -2.53. The molecule has 0 spiro atoms. The van der Waals surface area contributed by atoms with Crippen molar-refractivity contribution < 1.29 is 36.4 Å². The zero-order valence-electron chi connectivity index (χ0n) is 20.1. The van der Waals surface area contributed by atoms with Gasteiger partial charge in [0.2, 0.25) is 5.91 Å². The molecule has 1 N–H and O–H groups in total. The third kappa shape index (κ3) is 7.40. The minimum absolute atomic E-state index is 0.106. The van der Waals surface area contributed by atoms with E-state index in [0.29, 0.717) is 31.1 Å². The van der Waals surface area contributed by atoms with E-state index in [1.165, 1.54) is 18.2 Å². The number of rotatable bonds is 13. The van der Waals surface area contributed by atoms with Gasteiger partial charge in [-0.15, -0.1) is 0 Å². The maximum absolute atomic E-state index is 13.1. The number of benzene rings is 1. The number of carbonyl (C=O) groups is 2. The first kappa shape index (κ1) is 27.9. The van der Waals surface area contributed by atoms with Gasteiger partial charge in [0.15, 0.2) is 0 Å². The first-order valence-electron chi connectivity index (χ1n) is 11.7. The zero-order chi connectivity index (χ0) is 25.4. The smallest absolute Gasteiger partial charge is 0.313 e. The van der Waals surface area contributed by atoms with Crippen LogP contribution in [0.15, 0.2) is 29.2 Å². The highest BCUT2D eigenvalue weighted by atomic mass is 32.2. The molecule has 0 aromatic heterocycles. The van der Waals surface area contributed by atoms with E-state index in [0.717, 1.165) is 12.8 Å². The van der Waals surface area contributed by atoms with E-state index in [9.17, 15) is 18.0 Å². The number of esters is 1. The van der Waals surface area contributed by atoms with Crippen LogP contribution in [0.5, 0.6) is 0 Å². The van der Waals surface area contributed by atoms with Gasteiger partial charge in [-0.3, -0.25) is 18.7 Å². The normalized spacial score (nSPS) is 24.3. The van der Waals surface area contributed by atoms with Gasteiger partial charge < -0.3 is 19.5 Å². The largest absolute Gasteiger partial charge is 0.466 e. The van der Waals surface area contributed by atoms with Crippen LogP contribution in [0.4, 0.5) is 5.69 Å². The molecule has 2 aliphatic rings. The van der Waals surface area contributed by atoms with Gasteiger partial charge in [-0.05, 0) is 51.4 Å². The third-order valence-electron chi connectivity index (χ3n) is 6.27. The predicted octanol–water partition coefficient (Wildman–Crippen LogP) is 1.71. The number of anilines is 1. The van der Waals surface area contributed by atoms with Crippen molar-refractivity contribution in [2.45, 2.75) is 49.3 Å². The van der Waals surface area contributed by atoms with Crippen LogP contribution < -0.4 is 5.32 Å². The van der Waals surface area contributed by atoms with E-state index in [-0.39, 0.29) is 36.8 Å². The van der Waals surface area contributed by atoms with Crippen molar-refractivity contribution in [1.82, 2.24) is 4.90 Å². The van der Waals surface area contributed by atoms with Gasteiger partial charge in [0.1, 0.15) is 6.61 Å². The van der Waals surface area contributed by atoms with Crippen molar-refractivity contribution >= 4 is 40.3 Å². The molecule has 4 atom stereocenters. The lowest BCUT2D eigenvalue weighted by atomic mass is 9.88. The second-order valence-corrected chi connectivity index (χ2v) is 10.6. The highest BCUT2D eigenvalue weighted by molar-refractivity contribution is 7.86. The monoisotopic (exact) mass is 530 g/mol. The molecule has 35 heavy (non-hydrogen) atoms. The molecule has 0 aliphatic carbocycles. The number of ether oxygens (including phenoxy) is 3. The molecule has 4 unspecified atom stereocenters. The Labute approximate surface area is 212 Å². The average molecular weight is 531 g/mol. The lowest BCUT2D eigenvalue weighted by Gasteiger charge is -2.40. The molecule has 1 amide bonds. The SMILES string of the molecule is CCOC(=O)C1C(OS(=O)(=O)c2cccc(NC(=O)COCCOCCS)c2)CC2CCC1N2C. The summed E-state index contributed by atoms with van der Waals surface area (Å²) in [5.41, 5.74) is 0.292. The Balaban J connectivity index is 1.63. The summed E-state index contributed by atoms with van der Waals surface area (Å²) in [4.78, 5) is 26.9. The number of hydrogen-bond donors (Lipinski definition) is 2. The topological polar surface area (TPSA) is 120 Å².